The summed E-state index contributed by atoms with van der Waals surface area (Å²) in [5.74, 6) is -3.00. The number of hydrogen-bond donors (Lipinski definition) is 1. The average Bonchev–Trinajstić information content (AvgIpc) is 3.36. The summed E-state index contributed by atoms with van der Waals surface area (Å²) in [6, 6.07) is 14.5. The topological polar surface area (TPSA) is 147 Å². The lowest BCUT2D eigenvalue weighted by Crippen LogP contribution is -2.39. The van der Waals surface area contributed by atoms with Crippen LogP contribution in [0.25, 0.3) is 10.8 Å². The maximum absolute atomic E-state index is 14.0. The van der Waals surface area contributed by atoms with Gasteiger partial charge in [0.2, 0.25) is 5.69 Å². The average molecular weight is 608 g/mol. The molecule has 0 bridgehead atoms. The van der Waals surface area contributed by atoms with Crippen LogP contribution in [-0.2, 0) is 34.8 Å². The zero-order valence-corrected chi connectivity index (χ0v) is 25.0. The van der Waals surface area contributed by atoms with Crippen LogP contribution in [0.15, 0.2) is 48.5 Å². The molecule has 1 fully saturated rings. The van der Waals surface area contributed by atoms with Gasteiger partial charge in [0.1, 0.15) is 5.75 Å². The Balaban J connectivity index is 1.50. The van der Waals surface area contributed by atoms with Crippen LogP contribution < -0.4 is 4.74 Å². The lowest BCUT2D eigenvalue weighted by Gasteiger charge is -2.18. The summed E-state index contributed by atoms with van der Waals surface area (Å²) in [6.07, 6.45) is 0.00665. The highest BCUT2D eigenvalue weighted by Crippen LogP contribution is 2.44. The molecule has 0 aromatic heterocycles. The molecule has 0 spiro atoms. The van der Waals surface area contributed by atoms with Crippen molar-refractivity contribution in [3.05, 3.63) is 70.8 Å². The summed E-state index contributed by atoms with van der Waals surface area (Å²) in [5, 5.41) is 2.29. The van der Waals surface area contributed by atoms with E-state index in [1.165, 1.54) is 12.1 Å². The highest BCUT2D eigenvalue weighted by atomic mass is 32.2. The number of hydrogen-bond acceptors (Lipinski definition) is 8. The van der Waals surface area contributed by atoms with E-state index in [1.54, 1.807) is 18.4 Å². The van der Waals surface area contributed by atoms with E-state index in [0.29, 0.717) is 21.9 Å². The van der Waals surface area contributed by atoms with E-state index >= 15 is 0 Å². The highest BCUT2D eigenvalue weighted by Gasteiger charge is 2.51. The maximum atomic E-state index is 14.0. The van der Waals surface area contributed by atoms with Gasteiger partial charge in [0, 0.05) is 24.8 Å². The fourth-order valence-electron chi connectivity index (χ4n) is 5.78. The number of carbonyl (C=O) groups excluding carboxylic acids is 4. The van der Waals surface area contributed by atoms with Gasteiger partial charge in [-0.05, 0) is 62.4 Å². The number of fused-ring (bicyclic) bond motifs is 3. The molecule has 3 aromatic rings. The minimum Gasteiger partial charge on any atom is -0.418 e. The van der Waals surface area contributed by atoms with Crippen LogP contribution in [0.4, 0.5) is 5.69 Å². The number of ether oxygens (including phenoxy) is 1. The molecule has 1 N–H and O–H groups in total. The van der Waals surface area contributed by atoms with E-state index < -0.39 is 45.0 Å². The van der Waals surface area contributed by atoms with Gasteiger partial charge in [-0.3, -0.25) is 14.1 Å². The van der Waals surface area contributed by atoms with Crippen molar-refractivity contribution < 1.29 is 46.3 Å². The fraction of sp³-hybridized carbons (Fsp3) is 0.323. The van der Waals surface area contributed by atoms with Gasteiger partial charge in [0.25, 0.3) is 27.6 Å². The van der Waals surface area contributed by atoms with Gasteiger partial charge in [0.15, 0.2) is 6.54 Å². The third-order valence-electron chi connectivity index (χ3n) is 7.75. The number of rotatable bonds is 8. The lowest BCUT2D eigenvalue weighted by molar-refractivity contribution is -0.436. The first-order valence-corrected chi connectivity index (χ1v) is 15.3. The standard InChI is InChI=1S/C31H30N2O9S/c1-18-16-21(29(36)42-33-24(34)12-13-25(33)35)17-19(2)27(18)41-30(37)28-31(3,4)23-11-10-20-8-5-6-9-22(20)26(23)32(28)14-7-15-43(38,39)40/h5-6,8-11,16-17H,7,12-15H2,1-4H3/p+1. The normalized spacial score (nSPS) is 16.2. The number of esters is 1. The summed E-state index contributed by atoms with van der Waals surface area (Å²) in [7, 11) is -4.22. The predicted octanol–water partition coefficient (Wildman–Crippen LogP) is 3.94. The summed E-state index contributed by atoms with van der Waals surface area (Å²) < 4.78 is 40.1. The summed E-state index contributed by atoms with van der Waals surface area (Å²) in [5.41, 5.74) is 2.05. The number of nitrogens with zero attached hydrogens (tertiary/aromatic N) is 2. The van der Waals surface area contributed by atoms with Gasteiger partial charge in [0.05, 0.1) is 22.1 Å². The number of aryl methyl sites for hydroxylation is 2. The van der Waals surface area contributed by atoms with Crippen LogP contribution in [0.5, 0.6) is 5.75 Å². The van der Waals surface area contributed by atoms with Gasteiger partial charge in [-0.2, -0.15) is 13.0 Å². The van der Waals surface area contributed by atoms with E-state index in [4.69, 9.17) is 9.57 Å². The summed E-state index contributed by atoms with van der Waals surface area (Å²) >= 11 is 0. The quantitative estimate of drug-likeness (QED) is 0.132. The largest absolute Gasteiger partial charge is 0.418 e. The molecular formula is C31H31N2O9S+. The van der Waals surface area contributed by atoms with Gasteiger partial charge in [-0.25, -0.2) is 9.59 Å². The van der Waals surface area contributed by atoms with Crippen molar-refractivity contribution in [3.8, 4) is 5.75 Å². The van der Waals surface area contributed by atoms with E-state index in [2.05, 4.69) is 0 Å². The van der Waals surface area contributed by atoms with E-state index in [1.807, 2.05) is 50.2 Å². The second-order valence-electron chi connectivity index (χ2n) is 11.2. The first kappa shape index (κ1) is 30.1. The molecule has 5 rings (SSSR count). The molecule has 3 aromatic carbocycles. The number of benzene rings is 3. The molecule has 0 radical (unpaired) electrons. The summed E-state index contributed by atoms with van der Waals surface area (Å²) in [6.45, 7) is 7.20. The lowest BCUT2D eigenvalue weighted by atomic mass is 9.81. The van der Waals surface area contributed by atoms with E-state index in [9.17, 15) is 32.1 Å². The van der Waals surface area contributed by atoms with E-state index in [-0.39, 0.29) is 37.1 Å². The van der Waals surface area contributed by atoms with Crippen molar-refractivity contribution in [2.75, 3.05) is 12.3 Å². The Bertz CT molecular complexity index is 1820. The van der Waals surface area contributed by atoms with Crippen molar-refractivity contribution in [3.63, 3.8) is 0 Å². The van der Waals surface area contributed by atoms with Crippen molar-refractivity contribution in [2.45, 2.75) is 52.4 Å². The van der Waals surface area contributed by atoms with Crippen LogP contribution in [0.1, 0.15) is 60.2 Å². The van der Waals surface area contributed by atoms with Crippen molar-refractivity contribution >= 4 is 56.0 Å². The minimum atomic E-state index is -4.22. The number of amides is 2. The van der Waals surface area contributed by atoms with Crippen LogP contribution in [0.2, 0.25) is 0 Å². The molecule has 43 heavy (non-hydrogen) atoms. The highest BCUT2D eigenvalue weighted by molar-refractivity contribution is 7.85. The molecule has 2 heterocycles. The Morgan fingerprint density at radius 2 is 1.60 bits per heavy atom. The second-order valence-corrected chi connectivity index (χ2v) is 12.8. The van der Waals surface area contributed by atoms with Gasteiger partial charge >= 0.3 is 11.9 Å². The van der Waals surface area contributed by atoms with Gasteiger partial charge in [-0.15, -0.1) is 5.06 Å². The smallest absolute Gasteiger partial charge is 0.405 e. The van der Waals surface area contributed by atoms with Gasteiger partial charge in [-0.1, -0.05) is 30.3 Å². The Hall–Kier alpha value is -4.42. The van der Waals surface area contributed by atoms with Crippen LogP contribution >= 0.6 is 0 Å². The fourth-order valence-corrected chi connectivity index (χ4v) is 6.28. The third-order valence-corrected chi connectivity index (χ3v) is 8.56. The third kappa shape index (κ3) is 5.67. The van der Waals surface area contributed by atoms with Crippen LogP contribution in [-0.4, -0.2) is 64.4 Å². The number of hydroxylamine groups is 2. The van der Waals surface area contributed by atoms with Crippen molar-refractivity contribution in [1.82, 2.24) is 5.06 Å². The van der Waals surface area contributed by atoms with Crippen molar-refractivity contribution in [1.29, 1.82) is 0 Å². The maximum Gasteiger partial charge on any atom is 0.405 e. The zero-order valence-electron chi connectivity index (χ0n) is 24.2. The SMILES string of the molecule is Cc1cc(C(=O)ON2C(=O)CCC2=O)cc(C)c1OC(=O)C1=[N+](CCCS(=O)(=O)O)c2c(ccc3ccccc23)C1(C)C. The Kier molecular flexibility index (Phi) is 7.69. The molecule has 224 valence electrons. The number of imide groups is 1. The zero-order chi connectivity index (χ0) is 31.3. The summed E-state index contributed by atoms with van der Waals surface area (Å²) in [4.78, 5) is 55.4. The molecule has 2 amide bonds. The molecule has 11 nitrogen and oxygen atoms in total. The monoisotopic (exact) mass is 607 g/mol. The molecule has 2 aliphatic rings. The second kappa shape index (κ2) is 11.0. The number of carbonyl (C=O) groups is 4. The van der Waals surface area contributed by atoms with Crippen LogP contribution in [0.3, 0.4) is 0 Å². The molecule has 12 heteroatoms. The minimum absolute atomic E-state index is 0.0271. The van der Waals surface area contributed by atoms with Gasteiger partial charge < -0.3 is 9.57 Å². The molecule has 1 saturated heterocycles. The first-order chi connectivity index (χ1) is 20.2. The first-order valence-electron chi connectivity index (χ1n) is 13.7. The predicted molar refractivity (Wildman–Crippen MR) is 156 cm³/mol. The molecular weight excluding hydrogens is 576 g/mol. The molecule has 0 unspecified atom stereocenters. The molecule has 0 atom stereocenters. The van der Waals surface area contributed by atoms with Crippen molar-refractivity contribution in [2.24, 2.45) is 0 Å². The Labute approximate surface area is 248 Å². The molecule has 0 aliphatic carbocycles. The molecule has 0 saturated carbocycles. The Morgan fingerprint density at radius 1 is 0.977 bits per heavy atom. The van der Waals surface area contributed by atoms with Crippen LogP contribution in [0, 0.1) is 13.8 Å². The van der Waals surface area contributed by atoms with E-state index in [0.717, 1.165) is 22.0 Å². The molecule has 2 aliphatic heterocycles. The Morgan fingerprint density at radius 3 is 2.23 bits per heavy atom.